The molecule has 128 valence electrons. The van der Waals surface area contributed by atoms with Crippen molar-refractivity contribution in [2.45, 2.75) is 58.4 Å². The Hall–Kier alpha value is -1.55. The molecule has 4 heteroatoms. The van der Waals surface area contributed by atoms with Gasteiger partial charge in [0.25, 0.3) is 0 Å². The fraction of sp³-hybridized carbons (Fsp3) is 0.632. The molecule has 1 amide bonds. The van der Waals surface area contributed by atoms with Gasteiger partial charge in [0.1, 0.15) is 0 Å². The number of hydrogen-bond donors (Lipinski definition) is 3. The van der Waals surface area contributed by atoms with Crippen molar-refractivity contribution in [3.05, 3.63) is 29.3 Å². The van der Waals surface area contributed by atoms with Gasteiger partial charge in [0, 0.05) is 5.69 Å². The van der Waals surface area contributed by atoms with Gasteiger partial charge in [0.2, 0.25) is 5.91 Å². The van der Waals surface area contributed by atoms with Crippen LogP contribution in [-0.4, -0.2) is 29.7 Å². The molecule has 0 bridgehead atoms. The van der Waals surface area contributed by atoms with Crippen molar-refractivity contribution in [1.82, 2.24) is 5.32 Å². The Morgan fingerprint density at radius 1 is 1.22 bits per heavy atom. The standard InChI is InChI=1S/C19H30N2O2/c1-14-8-7-9-15(2)18(14)20-12-17(23)21-19(3,13-22)16-10-5-4-6-11-16/h7-9,16,20,22H,4-6,10-13H2,1-3H3,(H,21,23)/t19-/m1/s1. The molecule has 4 nitrogen and oxygen atoms in total. The highest BCUT2D eigenvalue weighted by Gasteiger charge is 2.35. The number of rotatable bonds is 6. The summed E-state index contributed by atoms with van der Waals surface area (Å²) in [6, 6.07) is 6.09. The summed E-state index contributed by atoms with van der Waals surface area (Å²) in [6.45, 7) is 6.26. The van der Waals surface area contributed by atoms with Gasteiger partial charge >= 0.3 is 0 Å². The largest absolute Gasteiger partial charge is 0.394 e. The molecule has 2 rings (SSSR count). The van der Waals surface area contributed by atoms with E-state index in [-0.39, 0.29) is 19.1 Å². The highest BCUT2D eigenvalue weighted by molar-refractivity contribution is 5.82. The van der Waals surface area contributed by atoms with Crippen LogP contribution in [0.4, 0.5) is 5.69 Å². The number of para-hydroxylation sites is 1. The first-order valence-electron chi connectivity index (χ1n) is 8.68. The summed E-state index contributed by atoms with van der Waals surface area (Å²) in [7, 11) is 0. The summed E-state index contributed by atoms with van der Waals surface area (Å²) in [5.41, 5.74) is 2.77. The topological polar surface area (TPSA) is 61.4 Å². The lowest BCUT2D eigenvalue weighted by Gasteiger charge is -2.39. The number of aryl methyl sites for hydroxylation is 2. The van der Waals surface area contributed by atoms with Crippen molar-refractivity contribution >= 4 is 11.6 Å². The zero-order valence-corrected chi connectivity index (χ0v) is 14.6. The maximum absolute atomic E-state index is 12.4. The van der Waals surface area contributed by atoms with E-state index in [9.17, 15) is 9.90 Å². The van der Waals surface area contributed by atoms with E-state index in [1.165, 1.54) is 19.3 Å². The smallest absolute Gasteiger partial charge is 0.239 e. The molecule has 1 atom stereocenters. The molecule has 3 N–H and O–H groups in total. The second-order valence-electron chi connectivity index (χ2n) is 7.08. The van der Waals surface area contributed by atoms with Gasteiger partial charge in [0.15, 0.2) is 0 Å². The van der Waals surface area contributed by atoms with Gasteiger partial charge in [-0.15, -0.1) is 0 Å². The molecular weight excluding hydrogens is 288 g/mol. The number of benzene rings is 1. The highest BCUT2D eigenvalue weighted by atomic mass is 16.3. The average molecular weight is 318 g/mol. The molecule has 1 aliphatic rings. The number of hydrogen-bond acceptors (Lipinski definition) is 3. The number of anilines is 1. The minimum absolute atomic E-state index is 0.00714. The molecule has 0 aromatic heterocycles. The summed E-state index contributed by atoms with van der Waals surface area (Å²) < 4.78 is 0. The van der Waals surface area contributed by atoms with Crippen molar-refractivity contribution in [3.8, 4) is 0 Å². The van der Waals surface area contributed by atoms with E-state index in [4.69, 9.17) is 0 Å². The van der Waals surface area contributed by atoms with Crippen molar-refractivity contribution in [2.75, 3.05) is 18.5 Å². The molecule has 0 unspecified atom stereocenters. The number of carbonyl (C=O) groups excluding carboxylic acids is 1. The Morgan fingerprint density at radius 3 is 2.39 bits per heavy atom. The van der Waals surface area contributed by atoms with E-state index in [0.717, 1.165) is 29.7 Å². The summed E-state index contributed by atoms with van der Waals surface area (Å²) >= 11 is 0. The van der Waals surface area contributed by atoms with Crippen LogP contribution in [0, 0.1) is 19.8 Å². The van der Waals surface area contributed by atoms with Crippen LogP contribution in [0.2, 0.25) is 0 Å². The first-order chi connectivity index (χ1) is 11.0. The monoisotopic (exact) mass is 318 g/mol. The molecule has 1 aliphatic carbocycles. The summed E-state index contributed by atoms with van der Waals surface area (Å²) in [4.78, 5) is 12.4. The molecule has 1 aromatic carbocycles. The predicted molar refractivity (Wildman–Crippen MR) is 94.6 cm³/mol. The number of carbonyl (C=O) groups is 1. The van der Waals surface area contributed by atoms with Crippen LogP contribution >= 0.6 is 0 Å². The molecule has 1 aromatic rings. The van der Waals surface area contributed by atoms with Gasteiger partial charge in [-0.25, -0.2) is 0 Å². The lowest BCUT2D eigenvalue weighted by Crippen LogP contribution is -2.56. The van der Waals surface area contributed by atoms with Gasteiger partial charge in [-0.2, -0.15) is 0 Å². The zero-order valence-electron chi connectivity index (χ0n) is 14.6. The van der Waals surface area contributed by atoms with Crippen LogP contribution < -0.4 is 10.6 Å². The zero-order chi connectivity index (χ0) is 16.9. The molecule has 0 aliphatic heterocycles. The van der Waals surface area contributed by atoms with Crippen LogP contribution in [0.1, 0.15) is 50.2 Å². The maximum atomic E-state index is 12.4. The Labute approximate surface area is 139 Å². The van der Waals surface area contributed by atoms with Crippen molar-refractivity contribution in [3.63, 3.8) is 0 Å². The summed E-state index contributed by atoms with van der Waals surface area (Å²) in [5.74, 6) is 0.306. The molecule has 0 heterocycles. The quantitative estimate of drug-likeness (QED) is 0.755. The first kappa shape index (κ1) is 17.8. The molecule has 0 saturated heterocycles. The minimum Gasteiger partial charge on any atom is -0.394 e. The minimum atomic E-state index is -0.514. The maximum Gasteiger partial charge on any atom is 0.239 e. The van der Waals surface area contributed by atoms with Gasteiger partial charge in [0.05, 0.1) is 18.7 Å². The molecule has 0 spiro atoms. The van der Waals surface area contributed by atoms with E-state index < -0.39 is 5.54 Å². The van der Waals surface area contributed by atoms with Crippen molar-refractivity contribution in [1.29, 1.82) is 0 Å². The number of nitrogens with one attached hydrogen (secondary N) is 2. The van der Waals surface area contributed by atoms with Crippen LogP contribution in [0.5, 0.6) is 0 Å². The van der Waals surface area contributed by atoms with Gasteiger partial charge in [-0.3, -0.25) is 4.79 Å². The van der Waals surface area contributed by atoms with Gasteiger partial charge < -0.3 is 15.7 Å². The lowest BCUT2D eigenvalue weighted by atomic mass is 9.76. The molecule has 0 radical (unpaired) electrons. The second-order valence-corrected chi connectivity index (χ2v) is 7.08. The fourth-order valence-electron chi connectivity index (χ4n) is 3.64. The highest BCUT2D eigenvalue weighted by Crippen LogP contribution is 2.32. The first-order valence-corrected chi connectivity index (χ1v) is 8.68. The number of aliphatic hydroxyl groups excluding tert-OH is 1. The van der Waals surface area contributed by atoms with Crippen LogP contribution in [0.25, 0.3) is 0 Å². The Morgan fingerprint density at radius 2 is 1.83 bits per heavy atom. The van der Waals surface area contributed by atoms with Crippen molar-refractivity contribution in [2.24, 2.45) is 5.92 Å². The predicted octanol–water partition coefficient (Wildman–Crippen LogP) is 3.16. The Bertz CT molecular complexity index is 518. The fourth-order valence-corrected chi connectivity index (χ4v) is 3.64. The van der Waals surface area contributed by atoms with Crippen LogP contribution in [-0.2, 0) is 4.79 Å². The Balaban J connectivity index is 1.94. The van der Waals surface area contributed by atoms with E-state index in [1.807, 2.05) is 39.0 Å². The lowest BCUT2D eigenvalue weighted by molar-refractivity contribution is -0.122. The third kappa shape index (κ3) is 4.47. The van der Waals surface area contributed by atoms with E-state index >= 15 is 0 Å². The molecule has 23 heavy (non-hydrogen) atoms. The third-order valence-electron chi connectivity index (χ3n) is 5.17. The number of amides is 1. The van der Waals surface area contributed by atoms with E-state index in [1.54, 1.807) is 0 Å². The molecule has 1 saturated carbocycles. The second kappa shape index (κ2) is 7.82. The molecule has 1 fully saturated rings. The van der Waals surface area contributed by atoms with Crippen molar-refractivity contribution < 1.29 is 9.90 Å². The molecular formula is C19H30N2O2. The normalized spacial score (nSPS) is 18.3. The number of aliphatic hydroxyl groups is 1. The average Bonchev–Trinajstić information content (AvgIpc) is 2.55. The SMILES string of the molecule is Cc1cccc(C)c1NCC(=O)N[C@](C)(CO)C1CCCCC1. The van der Waals surface area contributed by atoms with Gasteiger partial charge in [-0.05, 0) is 50.7 Å². The Kier molecular flexibility index (Phi) is 6.05. The summed E-state index contributed by atoms with van der Waals surface area (Å²) in [6.07, 6.45) is 5.82. The van der Waals surface area contributed by atoms with Crippen LogP contribution in [0.3, 0.4) is 0 Å². The van der Waals surface area contributed by atoms with E-state index in [0.29, 0.717) is 5.92 Å². The van der Waals surface area contributed by atoms with Gasteiger partial charge in [-0.1, -0.05) is 37.5 Å². The summed E-state index contributed by atoms with van der Waals surface area (Å²) in [5, 5.41) is 16.1. The third-order valence-corrected chi connectivity index (χ3v) is 5.17. The van der Waals surface area contributed by atoms with Crippen LogP contribution in [0.15, 0.2) is 18.2 Å². The van der Waals surface area contributed by atoms with E-state index in [2.05, 4.69) is 10.6 Å².